The van der Waals surface area contributed by atoms with Gasteiger partial charge in [0.15, 0.2) is 0 Å². The van der Waals surface area contributed by atoms with Crippen LogP contribution in [0.15, 0.2) is 24.3 Å². The number of carbonyl (C=O) groups excluding carboxylic acids is 1. The maximum Gasteiger partial charge on any atom is 0.387 e. The van der Waals surface area contributed by atoms with E-state index in [1.165, 1.54) is 6.07 Å². The molecule has 1 aromatic carbocycles. The van der Waals surface area contributed by atoms with Crippen molar-refractivity contribution >= 4 is 16.9 Å². The minimum atomic E-state index is -2.86. The highest BCUT2D eigenvalue weighted by Crippen LogP contribution is 2.40. The minimum Gasteiger partial charge on any atom is -0.461 e. The average Bonchev–Trinajstić information content (AvgIpc) is 3.19. The lowest BCUT2D eigenvalue weighted by atomic mass is 10.2. The Labute approximate surface area is 120 Å². The van der Waals surface area contributed by atoms with Gasteiger partial charge in [-0.3, -0.25) is 0 Å². The van der Waals surface area contributed by atoms with Gasteiger partial charge in [-0.15, -0.1) is 0 Å². The van der Waals surface area contributed by atoms with E-state index in [0.717, 1.165) is 23.7 Å². The number of alkyl halides is 2. The third-order valence-corrected chi connectivity index (χ3v) is 3.43. The lowest BCUT2D eigenvalue weighted by Crippen LogP contribution is -2.11. The highest BCUT2D eigenvalue weighted by molar-refractivity contribution is 5.96. The molecule has 0 radical (unpaired) electrons. The Morgan fingerprint density at radius 3 is 2.76 bits per heavy atom. The van der Waals surface area contributed by atoms with Gasteiger partial charge in [0.25, 0.3) is 0 Å². The maximum absolute atomic E-state index is 12.3. The zero-order valence-electron chi connectivity index (χ0n) is 11.5. The standard InChI is InChI=1S/C15H15F2NO3/c1-2-20-14(19)13-7-9-3-6-11(21-15(16)17)8-12(9)18(13)10-4-5-10/h3,6-8,10,15H,2,4-5H2,1H3. The first-order chi connectivity index (χ1) is 10.1. The van der Waals surface area contributed by atoms with Gasteiger partial charge in [0.05, 0.1) is 12.1 Å². The molecular formula is C15H15F2NO3. The monoisotopic (exact) mass is 295 g/mol. The summed E-state index contributed by atoms with van der Waals surface area (Å²) in [4.78, 5) is 12.0. The van der Waals surface area contributed by atoms with Crippen molar-refractivity contribution < 1.29 is 23.0 Å². The molecule has 1 aliphatic carbocycles. The molecule has 0 N–H and O–H groups in total. The number of benzene rings is 1. The molecule has 0 aliphatic heterocycles. The van der Waals surface area contributed by atoms with E-state index in [1.807, 2.05) is 4.57 Å². The molecule has 3 rings (SSSR count). The topological polar surface area (TPSA) is 40.5 Å². The molecule has 1 fully saturated rings. The Morgan fingerprint density at radius 2 is 2.14 bits per heavy atom. The lowest BCUT2D eigenvalue weighted by Gasteiger charge is -2.09. The molecule has 4 nitrogen and oxygen atoms in total. The molecule has 0 atom stereocenters. The van der Waals surface area contributed by atoms with E-state index in [2.05, 4.69) is 4.74 Å². The number of esters is 1. The van der Waals surface area contributed by atoms with Gasteiger partial charge in [0, 0.05) is 17.5 Å². The van der Waals surface area contributed by atoms with Crippen molar-refractivity contribution in [1.29, 1.82) is 0 Å². The maximum atomic E-state index is 12.3. The smallest absolute Gasteiger partial charge is 0.387 e. The van der Waals surface area contributed by atoms with Crippen molar-refractivity contribution in [3.05, 3.63) is 30.0 Å². The van der Waals surface area contributed by atoms with Crippen molar-refractivity contribution in [1.82, 2.24) is 4.57 Å². The fourth-order valence-corrected chi connectivity index (χ4v) is 2.47. The number of hydrogen-bond donors (Lipinski definition) is 0. The number of nitrogens with zero attached hydrogens (tertiary/aromatic N) is 1. The molecule has 1 aromatic heterocycles. The normalized spacial score (nSPS) is 14.7. The number of hydrogen-bond acceptors (Lipinski definition) is 3. The predicted molar refractivity (Wildman–Crippen MR) is 72.8 cm³/mol. The van der Waals surface area contributed by atoms with E-state index in [1.54, 1.807) is 25.1 Å². The van der Waals surface area contributed by atoms with E-state index < -0.39 is 12.6 Å². The zero-order valence-corrected chi connectivity index (χ0v) is 11.5. The SMILES string of the molecule is CCOC(=O)c1cc2ccc(OC(F)F)cc2n1C1CC1. The second kappa shape index (κ2) is 5.35. The van der Waals surface area contributed by atoms with E-state index in [4.69, 9.17) is 4.74 Å². The van der Waals surface area contributed by atoms with Gasteiger partial charge in [0.1, 0.15) is 11.4 Å². The number of halogens is 2. The summed E-state index contributed by atoms with van der Waals surface area (Å²) in [5.41, 5.74) is 1.18. The number of fused-ring (bicyclic) bond motifs is 1. The second-order valence-electron chi connectivity index (χ2n) is 4.95. The van der Waals surface area contributed by atoms with Crippen LogP contribution in [0.3, 0.4) is 0 Å². The summed E-state index contributed by atoms with van der Waals surface area (Å²) < 4.78 is 36.0. The Balaban J connectivity index is 2.08. The van der Waals surface area contributed by atoms with Crippen LogP contribution in [0.5, 0.6) is 5.75 Å². The van der Waals surface area contributed by atoms with Crippen molar-refractivity contribution in [2.24, 2.45) is 0 Å². The molecule has 0 unspecified atom stereocenters. The summed E-state index contributed by atoms with van der Waals surface area (Å²) in [7, 11) is 0. The third-order valence-electron chi connectivity index (χ3n) is 3.43. The first-order valence-electron chi connectivity index (χ1n) is 6.87. The number of rotatable bonds is 5. The predicted octanol–water partition coefficient (Wildman–Crippen LogP) is 3.75. The quantitative estimate of drug-likeness (QED) is 0.789. The molecule has 6 heteroatoms. The van der Waals surface area contributed by atoms with Gasteiger partial charge in [-0.25, -0.2) is 4.79 Å². The molecule has 112 valence electrons. The van der Waals surface area contributed by atoms with Gasteiger partial charge in [-0.2, -0.15) is 8.78 Å². The highest BCUT2D eigenvalue weighted by atomic mass is 19.3. The van der Waals surface area contributed by atoms with Crippen LogP contribution in [0.1, 0.15) is 36.3 Å². The van der Waals surface area contributed by atoms with Gasteiger partial charge in [0.2, 0.25) is 0 Å². The lowest BCUT2D eigenvalue weighted by molar-refractivity contribution is -0.0497. The fourth-order valence-electron chi connectivity index (χ4n) is 2.47. The van der Waals surface area contributed by atoms with Crippen LogP contribution >= 0.6 is 0 Å². The first kappa shape index (κ1) is 13.9. The average molecular weight is 295 g/mol. The van der Waals surface area contributed by atoms with E-state index in [-0.39, 0.29) is 11.8 Å². The molecule has 0 spiro atoms. The Morgan fingerprint density at radius 1 is 1.38 bits per heavy atom. The van der Waals surface area contributed by atoms with Crippen LogP contribution in [0.25, 0.3) is 10.9 Å². The van der Waals surface area contributed by atoms with Gasteiger partial charge in [-0.1, -0.05) is 0 Å². The van der Waals surface area contributed by atoms with Crippen molar-refractivity contribution in [3.63, 3.8) is 0 Å². The highest BCUT2D eigenvalue weighted by Gasteiger charge is 2.30. The molecule has 0 amide bonds. The van der Waals surface area contributed by atoms with Gasteiger partial charge >= 0.3 is 12.6 Å². The summed E-state index contributed by atoms with van der Waals surface area (Å²) >= 11 is 0. The van der Waals surface area contributed by atoms with Crippen LogP contribution in [0.2, 0.25) is 0 Å². The van der Waals surface area contributed by atoms with Crippen LogP contribution in [-0.4, -0.2) is 23.8 Å². The van der Waals surface area contributed by atoms with E-state index in [0.29, 0.717) is 12.3 Å². The second-order valence-corrected chi connectivity index (χ2v) is 4.95. The summed E-state index contributed by atoms with van der Waals surface area (Å²) in [5.74, 6) is -0.301. The Kier molecular flexibility index (Phi) is 3.53. The summed E-state index contributed by atoms with van der Waals surface area (Å²) in [6.45, 7) is -0.821. The molecule has 1 saturated carbocycles. The Hall–Kier alpha value is -2.11. The summed E-state index contributed by atoms with van der Waals surface area (Å²) in [6, 6.07) is 6.65. The molecule has 1 heterocycles. The summed E-state index contributed by atoms with van der Waals surface area (Å²) in [5, 5.41) is 0.812. The number of aromatic nitrogens is 1. The molecule has 0 saturated heterocycles. The minimum absolute atomic E-state index is 0.0907. The molecular weight excluding hydrogens is 280 g/mol. The van der Waals surface area contributed by atoms with E-state index in [9.17, 15) is 13.6 Å². The molecule has 0 bridgehead atoms. The fraction of sp³-hybridized carbons (Fsp3) is 0.400. The first-order valence-corrected chi connectivity index (χ1v) is 6.87. The molecule has 1 aliphatic rings. The summed E-state index contributed by atoms with van der Waals surface area (Å²) in [6.07, 6.45) is 1.94. The van der Waals surface area contributed by atoms with Crippen molar-refractivity contribution in [3.8, 4) is 5.75 Å². The van der Waals surface area contributed by atoms with Crippen LogP contribution in [-0.2, 0) is 4.74 Å². The zero-order chi connectivity index (χ0) is 15.0. The van der Waals surface area contributed by atoms with Gasteiger partial charge in [-0.05, 0) is 38.0 Å². The number of ether oxygens (including phenoxy) is 2. The van der Waals surface area contributed by atoms with Crippen LogP contribution < -0.4 is 4.74 Å². The number of carbonyl (C=O) groups is 1. The Bertz CT molecular complexity index is 677. The van der Waals surface area contributed by atoms with E-state index >= 15 is 0 Å². The largest absolute Gasteiger partial charge is 0.461 e. The molecule has 2 aromatic rings. The van der Waals surface area contributed by atoms with Crippen LogP contribution in [0, 0.1) is 0 Å². The third kappa shape index (κ3) is 2.70. The van der Waals surface area contributed by atoms with Gasteiger partial charge < -0.3 is 14.0 Å². The molecule has 21 heavy (non-hydrogen) atoms. The van der Waals surface area contributed by atoms with Crippen molar-refractivity contribution in [2.45, 2.75) is 32.4 Å². The van der Waals surface area contributed by atoms with Crippen LogP contribution in [0.4, 0.5) is 8.78 Å². The van der Waals surface area contributed by atoms with Crippen molar-refractivity contribution in [2.75, 3.05) is 6.61 Å².